The van der Waals surface area contributed by atoms with Gasteiger partial charge in [-0.1, -0.05) is 12.1 Å². The number of aliphatic imine (C=N–C) groups is 1. The number of hydrogen-bond donors (Lipinski definition) is 0. The van der Waals surface area contributed by atoms with E-state index in [1.807, 2.05) is 20.8 Å². The van der Waals surface area contributed by atoms with Crippen LogP contribution in [-0.2, 0) is 9.53 Å². The molecule has 0 atom stereocenters. The average Bonchev–Trinajstić information content (AvgIpc) is 2.98. The molecule has 1 aliphatic heterocycles. The molecule has 0 fully saturated rings. The number of hydrogen-bond acceptors (Lipinski definition) is 5. The first-order valence-electron chi connectivity index (χ1n) is 8.68. The zero-order valence-electron chi connectivity index (χ0n) is 15.4. The Kier molecular flexibility index (Phi) is 5.54. The van der Waals surface area contributed by atoms with Crippen molar-refractivity contribution in [2.24, 2.45) is 4.99 Å². The minimum atomic E-state index is -0.588. The first-order valence-corrected chi connectivity index (χ1v) is 8.68. The zero-order chi connectivity index (χ0) is 19.4. The molecule has 0 aliphatic carbocycles. The van der Waals surface area contributed by atoms with Crippen molar-refractivity contribution >= 4 is 17.9 Å². The first-order chi connectivity index (χ1) is 13.0. The number of esters is 1. The number of benzene rings is 2. The van der Waals surface area contributed by atoms with Crippen LogP contribution >= 0.6 is 0 Å². The van der Waals surface area contributed by atoms with E-state index in [-0.39, 0.29) is 17.7 Å². The lowest BCUT2D eigenvalue weighted by Crippen LogP contribution is -2.07. The van der Waals surface area contributed by atoms with Crippen LogP contribution in [0.3, 0.4) is 0 Å². The van der Waals surface area contributed by atoms with Crippen molar-refractivity contribution in [3.8, 4) is 11.5 Å². The quantitative estimate of drug-likeness (QED) is 0.561. The number of ether oxygens (including phenoxy) is 3. The summed E-state index contributed by atoms with van der Waals surface area (Å²) in [6.07, 6.45) is 1.60. The minimum absolute atomic E-state index is 0.0108. The van der Waals surface area contributed by atoms with E-state index in [0.29, 0.717) is 29.2 Å². The lowest BCUT2D eigenvalue weighted by molar-refractivity contribution is -0.129. The molecule has 0 bridgehead atoms. The molecule has 6 heteroatoms. The van der Waals surface area contributed by atoms with Gasteiger partial charge in [0.05, 0.1) is 12.7 Å². The van der Waals surface area contributed by atoms with E-state index in [1.54, 1.807) is 30.3 Å². The summed E-state index contributed by atoms with van der Waals surface area (Å²) in [6.45, 7) is 6.23. The van der Waals surface area contributed by atoms with Crippen LogP contribution in [0.2, 0.25) is 0 Å². The summed E-state index contributed by atoms with van der Waals surface area (Å²) in [5.74, 6) is 0.282. The van der Waals surface area contributed by atoms with E-state index in [9.17, 15) is 9.18 Å². The monoisotopic (exact) mass is 369 g/mol. The van der Waals surface area contributed by atoms with Crippen LogP contribution in [0.4, 0.5) is 4.39 Å². The number of halogens is 1. The molecule has 0 N–H and O–H groups in total. The molecular formula is C21H20FNO4. The van der Waals surface area contributed by atoms with Gasteiger partial charge in [-0.3, -0.25) is 0 Å². The lowest BCUT2D eigenvalue weighted by atomic mass is 10.1. The molecule has 0 saturated heterocycles. The maximum atomic E-state index is 13.4. The van der Waals surface area contributed by atoms with Gasteiger partial charge in [0, 0.05) is 5.56 Å². The highest BCUT2D eigenvalue weighted by Gasteiger charge is 2.24. The van der Waals surface area contributed by atoms with E-state index >= 15 is 0 Å². The third-order valence-electron chi connectivity index (χ3n) is 3.63. The Morgan fingerprint density at radius 3 is 2.70 bits per heavy atom. The molecule has 2 aromatic carbocycles. The summed E-state index contributed by atoms with van der Waals surface area (Å²) in [5, 5.41) is 0. The van der Waals surface area contributed by atoms with Crippen LogP contribution < -0.4 is 9.47 Å². The molecule has 1 heterocycles. The van der Waals surface area contributed by atoms with Gasteiger partial charge in [0.2, 0.25) is 5.90 Å². The van der Waals surface area contributed by atoms with Gasteiger partial charge >= 0.3 is 5.97 Å². The highest BCUT2D eigenvalue weighted by Crippen LogP contribution is 2.31. The second kappa shape index (κ2) is 8.03. The van der Waals surface area contributed by atoms with Gasteiger partial charge < -0.3 is 14.2 Å². The number of carbonyl (C=O) groups is 1. The van der Waals surface area contributed by atoms with Crippen LogP contribution in [-0.4, -0.2) is 24.6 Å². The van der Waals surface area contributed by atoms with Crippen LogP contribution in [0.15, 0.2) is 53.2 Å². The molecule has 5 nitrogen and oxygen atoms in total. The fraction of sp³-hybridized carbons (Fsp3) is 0.238. The van der Waals surface area contributed by atoms with Gasteiger partial charge in [-0.2, -0.15) is 0 Å². The molecule has 140 valence electrons. The maximum Gasteiger partial charge on any atom is 0.363 e. The second-order valence-corrected chi connectivity index (χ2v) is 6.15. The van der Waals surface area contributed by atoms with Crippen LogP contribution in [0.25, 0.3) is 6.08 Å². The van der Waals surface area contributed by atoms with Crippen LogP contribution in [0.1, 0.15) is 31.9 Å². The Morgan fingerprint density at radius 2 is 2.00 bits per heavy atom. The van der Waals surface area contributed by atoms with Crippen molar-refractivity contribution < 1.29 is 23.4 Å². The van der Waals surface area contributed by atoms with Crippen molar-refractivity contribution in [3.63, 3.8) is 0 Å². The van der Waals surface area contributed by atoms with Crippen LogP contribution in [0, 0.1) is 5.82 Å². The molecule has 1 aliphatic rings. The highest BCUT2D eigenvalue weighted by atomic mass is 19.1. The Bertz CT molecular complexity index is 918. The normalized spacial score (nSPS) is 15.1. The van der Waals surface area contributed by atoms with Gasteiger partial charge in [0.1, 0.15) is 5.82 Å². The van der Waals surface area contributed by atoms with Gasteiger partial charge in [-0.05, 0) is 62.7 Å². The molecule has 0 saturated carbocycles. The molecule has 0 aromatic heterocycles. The molecule has 0 amide bonds. The topological polar surface area (TPSA) is 57.1 Å². The van der Waals surface area contributed by atoms with Gasteiger partial charge in [-0.15, -0.1) is 0 Å². The second-order valence-electron chi connectivity index (χ2n) is 6.15. The number of carbonyl (C=O) groups excluding carboxylic acids is 1. The standard InChI is InChI=1S/C21H20FNO4/c1-4-25-19-11-14(8-9-18(19)26-13(2)3)10-17-21(24)27-20(23-17)15-6-5-7-16(22)12-15/h5-13H,4H2,1-3H3/b17-10-. The fourth-order valence-corrected chi connectivity index (χ4v) is 2.55. The molecule has 0 radical (unpaired) electrons. The highest BCUT2D eigenvalue weighted by molar-refractivity contribution is 6.12. The smallest absolute Gasteiger partial charge is 0.363 e. The Morgan fingerprint density at radius 1 is 1.19 bits per heavy atom. The summed E-state index contributed by atoms with van der Waals surface area (Å²) in [5.41, 5.74) is 1.25. The number of nitrogens with zero attached hydrogens (tertiary/aromatic N) is 1. The van der Waals surface area contributed by atoms with Crippen molar-refractivity contribution in [2.45, 2.75) is 26.9 Å². The third kappa shape index (κ3) is 4.53. The van der Waals surface area contributed by atoms with Gasteiger partial charge in [-0.25, -0.2) is 14.2 Å². The van der Waals surface area contributed by atoms with E-state index < -0.39 is 11.8 Å². The third-order valence-corrected chi connectivity index (χ3v) is 3.63. The summed E-state index contributed by atoms with van der Waals surface area (Å²) < 4.78 is 29.9. The maximum absolute atomic E-state index is 13.4. The SMILES string of the molecule is CCOc1cc(/C=C2\N=C(c3cccc(F)c3)OC2=O)ccc1OC(C)C. The predicted octanol–water partition coefficient (Wildman–Crippen LogP) is 4.36. The predicted molar refractivity (Wildman–Crippen MR) is 100 cm³/mol. The summed E-state index contributed by atoms with van der Waals surface area (Å²) in [6, 6.07) is 11.1. The molecular weight excluding hydrogens is 349 g/mol. The number of rotatable bonds is 6. The molecule has 27 heavy (non-hydrogen) atoms. The van der Waals surface area contributed by atoms with Crippen molar-refractivity contribution in [2.75, 3.05) is 6.61 Å². The van der Waals surface area contributed by atoms with Crippen molar-refractivity contribution in [1.82, 2.24) is 0 Å². The summed E-state index contributed by atoms with van der Waals surface area (Å²) in [4.78, 5) is 16.3. The fourth-order valence-electron chi connectivity index (χ4n) is 2.55. The molecule has 0 spiro atoms. The van der Waals surface area contributed by atoms with E-state index in [0.717, 1.165) is 0 Å². The number of cyclic esters (lactones) is 1. The van der Waals surface area contributed by atoms with Crippen LogP contribution in [0.5, 0.6) is 11.5 Å². The summed E-state index contributed by atoms with van der Waals surface area (Å²) in [7, 11) is 0. The van der Waals surface area contributed by atoms with E-state index in [2.05, 4.69) is 4.99 Å². The Hall–Kier alpha value is -3.15. The molecule has 2 aromatic rings. The van der Waals surface area contributed by atoms with Gasteiger partial charge in [0.15, 0.2) is 17.2 Å². The largest absolute Gasteiger partial charge is 0.490 e. The Labute approximate surface area is 157 Å². The lowest BCUT2D eigenvalue weighted by Gasteiger charge is -2.14. The first kappa shape index (κ1) is 18.6. The average molecular weight is 369 g/mol. The Balaban J connectivity index is 1.91. The van der Waals surface area contributed by atoms with Gasteiger partial charge in [0.25, 0.3) is 0 Å². The zero-order valence-corrected chi connectivity index (χ0v) is 15.4. The van der Waals surface area contributed by atoms with E-state index in [4.69, 9.17) is 14.2 Å². The molecule has 0 unspecified atom stereocenters. The summed E-state index contributed by atoms with van der Waals surface area (Å²) >= 11 is 0. The van der Waals surface area contributed by atoms with Crippen molar-refractivity contribution in [1.29, 1.82) is 0 Å². The van der Waals surface area contributed by atoms with Crippen molar-refractivity contribution in [3.05, 3.63) is 65.1 Å². The van der Waals surface area contributed by atoms with E-state index in [1.165, 1.54) is 18.2 Å². The minimum Gasteiger partial charge on any atom is -0.490 e. The molecule has 3 rings (SSSR count).